The fourth-order valence-corrected chi connectivity index (χ4v) is 2.58. The minimum absolute atomic E-state index is 0.208. The van der Waals surface area contributed by atoms with Gasteiger partial charge in [-0.2, -0.15) is 0 Å². The smallest absolute Gasteiger partial charge is 0.320 e. The normalized spacial score (nSPS) is 24.0. The first-order valence-corrected chi connectivity index (χ1v) is 6.64. The largest absolute Gasteiger partial charge is 0.481 e. The number of likely N-dealkylation sites (tertiary alicyclic amines) is 1. The Hall–Kier alpha value is -1.79. The van der Waals surface area contributed by atoms with E-state index in [0.29, 0.717) is 26.2 Å². The maximum absolute atomic E-state index is 12.4. The molecule has 7 heteroatoms. The van der Waals surface area contributed by atoms with E-state index in [9.17, 15) is 14.4 Å². The van der Waals surface area contributed by atoms with E-state index in [4.69, 9.17) is 5.11 Å². The van der Waals surface area contributed by atoms with Crippen LogP contribution in [0.25, 0.3) is 0 Å². The van der Waals surface area contributed by atoms with Crippen LogP contribution >= 0.6 is 0 Å². The summed E-state index contributed by atoms with van der Waals surface area (Å²) < 4.78 is 0. The van der Waals surface area contributed by atoms with Crippen LogP contribution in [0.4, 0.5) is 4.79 Å². The molecule has 106 valence electrons. The number of aliphatic carboxylic acids is 1. The van der Waals surface area contributed by atoms with Crippen LogP contribution in [0.2, 0.25) is 0 Å². The first kappa shape index (κ1) is 13.6. The van der Waals surface area contributed by atoms with Gasteiger partial charge in [0.1, 0.15) is 6.04 Å². The highest BCUT2D eigenvalue weighted by atomic mass is 16.4. The van der Waals surface area contributed by atoms with E-state index in [1.165, 1.54) is 4.90 Å². The minimum atomic E-state index is -1.07. The van der Waals surface area contributed by atoms with Crippen molar-refractivity contribution in [2.45, 2.75) is 31.7 Å². The van der Waals surface area contributed by atoms with E-state index < -0.39 is 12.0 Å². The molecule has 19 heavy (non-hydrogen) atoms. The molecule has 1 unspecified atom stereocenters. The van der Waals surface area contributed by atoms with Gasteiger partial charge in [0.05, 0.1) is 6.42 Å². The van der Waals surface area contributed by atoms with Crippen molar-refractivity contribution in [1.82, 2.24) is 15.1 Å². The maximum atomic E-state index is 12.4. The number of urea groups is 1. The Kier molecular flexibility index (Phi) is 4.24. The number of carboxylic acids is 1. The third-order valence-corrected chi connectivity index (χ3v) is 3.57. The fourth-order valence-electron chi connectivity index (χ4n) is 2.58. The minimum Gasteiger partial charge on any atom is -0.481 e. The van der Waals surface area contributed by atoms with E-state index >= 15 is 0 Å². The zero-order valence-electron chi connectivity index (χ0n) is 10.8. The van der Waals surface area contributed by atoms with Crippen molar-refractivity contribution in [3.8, 4) is 0 Å². The van der Waals surface area contributed by atoms with Gasteiger partial charge in [0.2, 0.25) is 5.91 Å². The van der Waals surface area contributed by atoms with Gasteiger partial charge in [-0.1, -0.05) is 0 Å². The SMILES string of the molecule is O=C(O)CC1C(=O)NCCN1C(=O)N1CCCCC1. The Morgan fingerprint density at radius 3 is 2.53 bits per heavy atom. The average Bonchev–Trinajstić information content (AvgIpc) is 2.41. The van der Waals surface area contributed by atoms with Gasteiger partial charge >= 0.3 is 12.0 Å². The van der Waals surface area contributed by atoms with Crippen LogP contribution in [-0.2, 0) is 9.59 Å². The number of hydrogen-bond donors (Lipinski definition) is 2. The molecular weight excluding hydrogens is 250 g/mol. The summed E-state index contributed by atoms with van der Waals surface area (Å²) in [5, 5.41) is 11.5. The second-order valence-electron chi connectivity index (χ2n) is 4.93. The summed E-state index contributed by atoms with van der Waals surface area (Å²) in [6.45, 7) is 2.14. The van der Waals surface area contributed by atoms with Crippen molar-refractivity contribution in [2.24, 2.45) is 0 Å². The molecular formula is C12H19N3O4. The van der Waals surface area contributed by atoms with Crippen LogP contribution in [0, 0.1) is 0 Å². The number of carbonyl (C=O) groups is 3. The van der Waals surface area contributed by atoms with Crippen LogP contribution < -0.4 is 5.32 Å². The highest BCUT2D eigenvalue weighted by Crippen LogP contribution is 2.16. The molecule has 0 aromatic heterocycles. The molecule has 2 rings (SSSR count). The van der Waals surface area contributed by atoms with E-state index in [0.717, 1.165) is 19.3 Å². The van der Waals surface area contributed by atoms with Crippen LogP contribution in [-0.4, -0.2) is 65.0 Å². The standard InChI is InChI=1S/C12H19N3O4/c16-10(17)8-9-11(18)13-4-7-15(9)12(19)14-5-2-1-3-6-14/h9H,1-8H2,(H,13,18)(H,16,17). The summed E-state index contributed by atoms with van der Waals surface area (Å²) >= 11 is 0. The van der Waals surface area contributed by atoms with Gasteiger partial charge in [0, 0.05) is 26.2 Å². The van der Waals surface area contributed by atoms with Crippen molar-refractivity contribution in [3.63, 3.8) is 0 Å². The lowest BCUT2D eigenvalue weighted by Crippen LogP contribution is -2.60. The molecule has 2 fully saturated rings. The van der Waals surface area contributed by atoms with Gasteiger partial charge < -0.3 is 20.2 Å². The number of amides is 3. The summed E-state index contributed by atoms with van der Waals surface area (Å²) in [7, 11) is 0. The maximum Gasteiger partial charge on any atom is 0.320 e. The van der Waals surface area contributed by atoms with Gasteiger partial charge in [0.15, 0.2) is 0 Å². The molecule has 2 aliphatic rings. The third kappa shape index (κ3) is 3.15. The zero-order valence-corrected chi connectivity index (χ0v) is 10.8. The molecule has 7 nitrogen and oxygen atoms in total. The topological polar surface area (TPSA) is 89.9 Å². The number of nitrogens with one attached hydrogen (secondary N) is 1. The number of piperidine rings is 1. The second kappa shape index (κ2) is 5.90. The van der Waals surface area contributed by atoms with Crippen molar-refractivity contribution >= 4 is 17.9 Å². The zero-order chi connectivity index (χ0) is 13.8. The van der Waals surface area contributed by atoms with Crippen molar-refractivity contribution in [2.75, 3.05) is 26.2 Å². The third-order valence-electron chi connectivity index (χ3n) is 3.57. The Bertz CT molecular complexity index is 379. The van der Waals surface area contributed by atoms with E-state index in [1.807, 2.05) is 0 Å². The number of hydrogen-bond acceptors (Lipinski definition) is 3. The molecule has 2 saturated heterocycles. The molecule has 0 aliphatic carbocycles. The van der Waals surface area contributed by atoms with Gasteiger partial charge in [-0.05, 0) is 19.3 Å². The molecule has 3 amide bonds. The predicted molar refractivity (Wildman–Crippen MR) is 66.6 cm³/mol. The quantitative estimate of drug-likeness (QED) is 0.730. The van der Waals surface area contributed by atoms with Gasteiger partial charge in [-0.15, -0.1) is 0 Å². The van der Waals surface area contributed by atoms with Crippen LogP contribution in [0.1, 0.15) is 25.7 Å². The number of rotatable bonds is 2. The lowest BCUT2D eigenvalue weighted by molar-refractivity contribution is -0.142. The van der Waals surface area contributed by atoms with Gasteiger partial charge in [0.25, 0.3) is 0 Å². The number of nitrogens with zero attached hydrogens (tertiary/aromatic N) is 2. The lowest BCUT2D eigenvalue weighted by Gasteiger charge is -2.39. The molecule has 2 N–H and O–H groups in total. The van der Waals surface area contributed by atoms with Crippen molar-refractivity contribution < 1.29 is 19.5 Å². The Morgan fingerprint density at radius 1 is 1.21 bits per heavy atom. The molecule has 1 atom stereocenters. The van der Waals surface area contributed by atoms with E-state index in [2.05, 4.69) is 5.32 Å². The molecule has 2 heterocycles. The van der Waals surface area contributed by atoms with E-state index in [-0.39, 0.29) is 18.4 Å². The first-order valence-electron chi connectivity index (χ1n) is 6.64. The molecule has 0 aromatic rings. The Labute approximate surface area is 111 Å². The first-order chi connectivity index (χ1) is 9.09. The van der Waals surface area contributed by atoms with E-state index in [1.54, 1.807) is 4.90 Å². The lowest BCUT2D eigenvalue weighted by atomic mass is 10.1. The van der Waals surface area contributed by atoms with Crippen LogP contribution in [0.5, 0.6) is 0 Å². The Morgan fingerprint density at radius 2 is 1.89 bits per heavy atom. The monoisotopic (exact) mass is 269 g/mol. The molecule has 0 spiro atoms. The Balaban J connectivity index is 2.07. The summed E-state index contributed by atoms with van der Waals surface area (Å²) in [4.78, 5) is 38.1. The molecule has 0 aromatic carbocycles. The van der Waals surface area contributed by atoms with Crippen LogP contribution in [0.15, 0.2) is 0 Å². The van der Waals surface area contributed by atoms with Crippen molar-refractivity contribution in [3.05, 3.63) is 0 Å². The highest BCUT2D eigenvalue weighted by molar-refractivity contribution is 5.91. The number of carboxylic acid groups (broad SMARTS) is 1. The number of piperazine rings is 1. The second-order valence-corrected chi connectivity index (χ2v) is 4.93. The highest BCUT2D eigenvalue weighted by Gasteiger charge is 2.36. The van der Waals surface area contributed by atoms with Crippen molar-refractivity contribution in [1.29, 1.82) is 0 Å². The van der Waals surface area contributed by atoms with Gasteiger partial charge in [-0.25, -0.2) is 4.79 Å². The molecule has 0 radical (unpaired) electrons. The predicted octanol–water partition coefficient (Wildman–Crippen LogP) is -0.133. The summed E-state index contributed by atoms with van der Waals surface area (Å²) in [5.41, 5.74) is 0. The fraction of sp³-hybridized carbons (Fsp3) is 0.750. The molecule has 0 bridgehead atoms. The molecule has 0 saturated carbocycles. The molecule has 2 aliphatic heterocycles. The average molecular weight is 269 g/mol. The van der Waals surface area contributed by atoms with Crippen LogP contribution in [0.3, 0.4) is 0 Å². The summed E-state index contributed by atoms with van der Waals surface area (Å²) in [6.07, 6.45) is 2.71. The number of carbonyl (C=O) groups excluding carboxylic acids is 2. The summed E-state index contributed by atoms with van der Waals surface area (Å²) in [6, 6.07) is -1.10. The van der Waals surface area contributed by atoms with Gasteiger partial charge in [-0.3, -0.25) is 9.59 Å². The summed E-state index contributed by atoms with van der Waals surface area (Å²) in [5.74, 6) is -1.45.